The third kappa shape index (κ3) is 2.79. The summed E-state index contributed by atoms with van der Waals surface area (Å²) in [6, 6.07) is 0.0275. The molecule has 2 heterocycles. The number of sulfone groups is 1. The molecule has 0 saturated carbocycles. The van der Waals surface area contributed by atoms with E-state index >= 15 is 0 Å². The molecule has 0 amide bonds. The second-order valence-corrected chi connectivity index (χ2v) is 6.44. The first kappa shape index (κ1) is 11.5. The van der Waals surface area contributed by atoms with Gasteiger partial charge in [0.1, 0.15) is 12.2 Å². The molecule has 1 saturated heterocycles. The molecule has 7 heteroatoms. The van der Waals surface area contributed by atoms with Gasteiger partial charge in [0.15, 0.2) is 9.84 Å². The standard InChI is InChI=1S/C9H16N4O2S/c1-7(9-10-6-11-13-9)12-8-3-2-4-16(14,15)5-8/h6-8,12H,2-5H2,1H3,(H,10,11,13). The van der Waals surface area contributed by atoms with Crippen LogP contribution < -0.4 is 5.32 Å². The fraction of sp³-hybridized carbons (Fsp3) is 0.778. The van der Waals surface area contributed by atoms with Crippen LogP contribution in [0.3, 0.4) is 0 Å². The summed E-state index contributed by atoms with van der Waals surface area (Å²) in [4.78, 5) is 4.04. The lowest BCUT2D eigenvalue weighted by Crippen LogP contribution is -2.41. The summed E-state index contributed by atoms with van der Waals surface area (Å²) in [7, 11) is -2.86. The number of rotatable bonds is 3. The molecule has 16 heavy (non-hydrogen) atoms. The Kier molecular flexibility index (Phi) is 3.25. The lowest BCUT2D eigenvalue weighted by atomic mass is 10.1. The Balaban J connectivity index is 1.95. The van der Waals surface area contributed by atoms with Crippen LogP contribution in [0.25, 0.3) is 0 Å². The van der Waals surface area contributed by atoms with Crippen LogP contribution >= 0.6 is 0 Å². The van der Waals surface area contributed by atoms with E-state index in [1.165, 1.54) is 6.33 Å². The minimum absolute atomic E-state index is 0.000741. The maximum absolute atomic E-state index is 11.5. The zero-order valence-electron chi connectivity index (χ0n) is 9.18. The van der Waals surface area contributed by atoms with Crippen LogP contribution in [0.2, 0.25) is 0 Å². The molecular formula is C9H16N4O2S. The second kappa shape index (κ2) is 4.50. The smallest absolute Gasteiger partial charge is 0.151 e. The van der Waals surface area contributed by atoms with Crippen LogP contribution in [-0.4, -0.2) is 41.1 Å². The van der Waals surface area contributed by atoms with E-state index < -0.39 is 9.84 Å². The van der Waals surface area contributed by atoms with Crippen molar-refractivity contribution in [2.75, 3.05) is 11.5 Å². The lowest BCUT2D eigenvalue weighted by molar-refractivity contribution is 0.427. The molecule has 1 aliphatic heterocycles. The number of nitrogens with one attached hydrogen (secondary N) is 2. The molecule has 2 rings (SSSR count). The highest BCUT2D eigenvalue weighted by Gasteiger charge is 2.26. The Labute approximate surface area is 94.8 Å². The molecule has 0 bridgehead atoms. The average Bonchev–Trinajstić information content (AvgIpc) is 2.68. The first-order valence-electron chi connectivity index (χ1n) is 5.38. The van der Waals surface area contributed by atoms with Crippen molar-refractivity contribution in [3.8, 4) is 0 Å². The van der Waals surface area contributed by atoms with Crippen molar-refractivity contribution >= 4 is 9.84 Å². The Morgan fingerprint density at radius 2 is 2.44 bits per heavy atom. The highest BCUT2D eigenvalue weighted by atomic mass is 32.2. The SMILES string of the molecule is CC(NC1CCCS(=O)(=O)C1)c1ncn[nH]1. The maximum Gasteiger partial charge on any atom is 0.151 e. The van der Waals surface area contributed by atoms with E-state index in [0.29, 0.717) is 5.75 Å². The van der Waals surface area contributed by atoms with Crippen LogP contribution in [0, 0.1) is 0 Å². The molecule has 0 aliphatic carbocycles. The maximum atomic E-state index is 11.5. The van der Waals surface area contributed by atoms with Gasteiger partial charge < -0.3 is 5.32 Å². The highest BCUT2D eigenvalue weighted by Crippen LogP contribution is 2.15. The molecular weight excluding hydrogens is 228 g/mol. The molecule has 6 nitrogen and oxygen atoms in total. The Hall–Kier alpha value is -0.950. The highest BCUT2D eigenvalue weighted by molar-refractivity contribution is 7.91. The summed E-state index contributed by atoms with van der Waals surface area (Å²) >= 11 is 0. The number of aromatic amines is 1. The zero-order valence-corrected chi connectivity index (χ0v) is 10.00. The Morgan fingerprint density at radius 3 is 3.06 bits per heavy atom. The first-order chi connectivity index (χ1) is 7.57. The van der Waals surface area contributed by atoms with E-state index in [4.69, 9.17) is 0 Å². The van der Waals surface area contributed by atoms with E-state index in [1.807, 2.05) is 6.92 Å². The van der Waals surface area contributed by atoms with Crippen molar-refractivity contribution in [2.24, 2.45) is 0 Å². The van der Waals surface area contributed by atoms with Gasteiger partial charge in [0.2, 0.25) is 0 Å². The van der Waals surface area contributed by atoms with Gasteiger partial charge in [0, 0.05) is 6.04 Å². The Morgan fingerprint density at radius 1 is 1.62 bits per heavy atom. The van der Waals surface area contributed by atoms with Gasteiger partial charge in [-0.2, -0.15) is 5.10 Å². The molecule has 1 fully saturated rings. The number of hydrogen-bond acceptors (Lipinski definition) is 5. The van der Waals surface area contributed by atoms with Gasteiger partial charge in [-0.15, -0.1) is 0 Å². The van der Waals surface area contributed by atoms with Crippen molar-refractivity contribution in [3.05, 3.63) is 12.2 Å². The van der Waals surface area contributed by atoms with Gasteiger partial charge in [-0.05, 0) is 19.8 Å². The molecule has 2 unspecified atom stereocenters. The van der Waals surface area contributed by atoms with Gasteiger partial charge in [-0.3, -0.25) is 5.10 Å². The third-order valence-electron chi connectivity index (χ3n) is 2.79. The number of aromatic nitrogens is 3. The molecule has 1 aromatic rings. The normalized spacial score (nSPS) is 26.4. The minimum Gasteiger partial charge on any atom is -0.304 e. The molecule has 0 aromatic carbocycles. The lowest BCUT2D eigenvalue weighted by Gasteiger charge is -2.25. The number of hydrogen-bond donors (Lipinski definition) is 2. The van der Waals surface area contributed by atoms with Crippen molar-refractivity contribution in [1.82, 2.24) is 20.5 Å². The second-order valence-electron chi connectivity index (χ2n) is 4.21. The van der Waals surface area contributed by atoms with Gasteiger partial charge in [-0.1, -0.05) is 0 Å². The largest absolute Gasteiger partial charge is 0.304 e. The van der Waals surface area contributed by atoms with Crippen molar-refractivity contribution in [2.45, 2.75) is 31.8 Å². The van der Waals surface area contributed by atoms with Crippen LogP contribution in [0.4, 0.5) is 0 Å². The van der Waals surface area contributed by atoms with Crippen molar-refractivity contribution in [1.29, 1.82) is 0 Å². The molecule has 1 aromatic heterocycles. The van der Waals surface area contributed by atoms with E-state index in [1.54, 1.807) is 0 Å². The summed E-state index contributed by atoms with van der Waals surface area (Å²) in [5.41, 5.74) is 0. The fourth-order valence-electron chi connectivity index (χ4n) is 2.01. The molecule has 1 aliphatic rings. The molecule has 90 valence electrons. The predicted molar refractivity (Wildman–Crippen MR) is 59.6 cm³/mol. The monoisotopic (exact) mass is 244 g/mol. The Bertz CT molecular complexity index is 428. The molecule has 2 atom stereocenters. The van der Waals surface area contributed by atoms with Crippen LogP contribution in [-0.2, 0) is 9.84 Å². The summed E-state index contributed by atoms with van der Waals surface area (Å²) < 4.78 is 22.9. The number of H-pyrrole nitrogens is 1. The predicted octanol–water partition coefficient (Wildman–Crippen LogP) is 0.0325. The van der Waals surface area contributed by atoms with E-state index in [-0.39, 0.29) is 17.8 Å². The quantitative estimate of drug-likeness (QED) is 0.783. The molecule has 0 spiro atoms. The third-order valence-corrected chi connectivity index (χ3v) is 4.61. The van der Waals surface area contributed by atoms with Gasteiger partial charge >= 0.3 is 0 Å². The van der Waals surface area contributed by atoms with E-state index in [9.17, 15) is 8.42 Å². The number of nitrogens with zero attached hydrogens (tertiary/aromatic N) is 2. The first-order valence-corrected chi connectivity index (χ1v) is 7.21. The summed E-state index contributed by atoms with van der Waals surface area (Å²) in [5.74, 6) is 1.29. The van der Waals surface area contributed by atoms with Crippen molar-refractivity contribution in [3.63, 3.8) is 0 Å². The average molecular weight is 244 g/mol. The van der Waals surface area contributed by atoms with Gasteiger partial charge in [0.05, 0.1) is 17.5 Å². The van der Waals surface area contributed by atoms with Gasteiger partial charge in [0.25, 0.3) is 0 Å². The van der Waals surface area contributed by atoms with Crippen LogP contribution in [0.15, 0.2) is 6.33 Å². The summed E-state index contributed by atoms with van der Waals surface area (Å²) in [6.45, 7) is 1.95. The summed E-state index contributed by atoms with van der Waals surface area (Å²) in [6.07, 6.45) is 3.09. The van der Waals surface area contributed by atoms with Crippen LogP contribution in [0.1, 0.15) is 31.6 Å². The summed E-state index contributed by atoms with van der Waals surface area (Å²) in [5, 5.41) is 9.81. The van der Waals surface area contributed by atoms with Crippen molar-refractivity contribution < 1.29 is 8.42 Å². The van der Waals surface area contributed by atoms with E-state index in [0.717, 1.165) is 18.7 Å². The van der Waals surface area contributed by atoms with E-state index in [2.05, 4.69) is 20.5 Å². The topological polar surface area (TPSA) is 87.7 Å². The minimum atomic E-state index is -2.86. The zero-order chi connectivity index (χ0) is 11.6. The fourth-order valence-corrected chi connectivity index (χ4v) is 3.66. The molecule has 0 radical (unpaired) electrons. The molecule has 2 N–H and O–H groups in total. The van der Waals surface area contributed by atoms with Gasteiger partial charge in [-0.25, -0.2) is 13.4 Å². The van der Waals surface area contributed by atoms with Crippen LogP contribution in [0.5, 0.6) is 0 Å².